The monoisotopic (exact) mass is 459 g/mol. The number of benzene rings is 2. The fourth-order valence-electron chi connectivity index (χ4n) is 4.61. The third kappa shape index (κ3) is 3.20. The largest absolute Gasteiger partial charge is 0.347 e. The quantitative estimate of drug-likeness (QED) is 0.340. The van der Waals surface area contributed by atoms with Crippen molar-refractivity contribution >= 4 is 39.9 Å². The highest BCUT2D eigenvalue weighted by Crippen LogP contribution is 2.46. The molecule has 1 unspecified atom stereocenters. The topological polar surface area (TPSA) is 72.5 Å². The lowest BCUT2D eigenvalue weighted by Gasteiger charge is -2.24. The van der Waals surface area contributed by atoms with Crippen molar-refractivity contribution in [1.82, 2.24) is 19.2 Å². The molecule has 1 aliphatic rings. The number of hydrogen-bond acceptors (Lipinski definition) is 6. The van der Waals surface area contributed by atoms with Gasteiger partial charge in [-0.25, -0.2) is 0 Å². The Morgan fingerprint density at radius 1 is 1.06 bits per heavy atom. The Hall–Kier alpha value is -3.39. The molecule has 5 rings (SSSR count). The van der Waals surface area contributed by atoms with Crippen LogP contribution in [0.15, 0.2) is 70.3 Å². The second-order valence-electron chi connectivity index (χ2n) is 8.89. The summed E-state index contributed by atoms with van der Waals surface area (Å²) in [5.74, 6) is 0.458. The predicted molar refractivity (Wildman–Crippen MR) is 132 cm³/mol. The van der Waals surface area contributed by atoms with E-state index in [1.807, 2.05) is 48.7 Å². The molecule has 0 spiro atoms. The van der Waals surface area contributed by atoms with E-state index in [1.165, 1.54) is 21.9 Å². The number of anilines is 1. The van der Waals surface area contributed by atoms with E-state index in [0.29, 0.717) is 16.3 Å². The summed E-state index contributed by atoms with van der Waals surface area (Å²) in [6, 6.07) is 15.6. The van der Waals surface area contributed by atoms with Crippen molar-refractivity contribution in [2.45, 2.75) is 36.6 Å². The Morgan fingerprint density at radius 2 is 1.76 bits per heavy atom. The lowest BCUT2D eigenvalue weighted by atomic mass is 9.83. The molecular weight excluding hydrogens is 434 g/mol. The van der Waals surface area contributed by atoms with Crippen molar-refractivity contribution in [1.29, 1.82) is 0 Å². The molecule has 1 aliphatic heterocycles. The van der Waals surface area contributed by atoms with E-state index in [-0.39, 0.29) is 22.0 Å². The number of aromatic nitrogens is 4. The van der Waals surface area contributed by atoms with Crippen molar-refractivity contribution in [3.8, 4) is 0 Å². The third-order valence-corrected chi connectivity index (χ3v) is 7.56. The van der Waals surface area contributed by atoms with Crippen LogP contribution < -0.4 is 10.5 Å². The van der Waals surface area contributed by atoms with Crippen LogP contribution in [0.1, 0.15) is 26.3 Å². The summed E-state index contributed by atoms with van der Waals surface area (Å²) in [6.45, 7) is 6.17. The molecule has 0 aliphatic carbocycles. The molecule has 0 saturated carbocycles. The molecule has 33 heavy (non-hydrogen) atoms. The molecule has 0 amide bonds. The van der Waals surface area contributed by atoms with Gasteiger partial charge in [0, 0.05) is 37.0 Å². The first-order valence-electron chi connectivity index (χ1n) is 10.8. The average Bonchev–Trinajstić information content (AvgIpc) is 3.31. The van der Waals surface area contributed by atoms with E-state index in [2.05, 4.69) is 41.1 Å². The Morgan fingerprint density at radius 3 is 2.52 bits per heavy atom. The Kier molecular flexibility index (Phi) is 4.93. The zero-order chi connectivity index (χ0) is 23.5. The van der Waals surface area contributed by atoms with Crippen LogP contribution in [0.2, 0.25) is 0 Å². The summed E-state index contributed by atoms with van der Waals surface area (Å²) in [5, 5.41) is 9.32. The molecule has 0 N–H and O–H groups in total. The van der Waals surface area contributed by atoms with E-state index in [1.54, 1.807) is 19.2 Å². The van der Waals surface area contributed by atoms with E-state index in [0.717, 1.165) is 16.9 Å². The molecule has 4 aromatic rings. The van der Waals surface area contributed by atoms with Gasteiger partial charge in [-0.2, -0.15) is 0 Å². The van der Waals surface area contributed by atoms with Gasteiger partial charge in [-0.1, -0.05) is 55.9 Å². The third-order valence-electron chi connectivity index (χ3n) is 6.50. The van der Waals surface area contributed by atoms with Crippen LogP contribution in [0.5, 0.6) is 0 Å². The molecule has 2 aromatic heterocycles. The predicted octanol–water partition coefficient (Wildman–Crippen LogP) is 3.94. The first kappa shape index (κ1) is 21.5. The maximum Gasteiger partial charge on any atom is 0.262 e. The minimum absolute atomic E-state index is 0.00797. The Balaban J connectivity index is 1.51. The van der Waals surface area contributed by atoms with Crippen molar-refractivity contribution in [2.24, 2.45) is 7.05 Å². The molecule has 8 heteroatoms. The zero-order valence-electron chi connectivity index (χ0n) is 19.2. The van der Waals surface area contributed by atoms with E-state index >= 15 is 0 Å². The van der Waals surface area contributed by atoms with E-state index in [9.17, 15) is 9.59 Å². The van der Waals surface area contributed by atoms with Gasteiger partial charge in [0.05, 0.1) is 16.2 Å². The molecule has 2 aromatic carbocycles. The Bertz CT molecular complexity index is 1510. The highest BCUT2D eigenvalue weighted by Gasteiger charge is 2.38. The number of fused-ring (bicyclic) bond motifs is 4. The number of rotatable bonds is 4. The molecule has 1 atom stereocenters. The normalized spacial score (nSPS) is 17.1. The van der Waals surface area contributed by atoms with Gasteiger partial charge in [0.2, 0.25) is 5.78 Å². The SMILES string of the molecule is CC(Sc1nnc2n(C)c(=O)c3ccccc3n12)C(=O)/C=C1/N(C)c2ccccc2C1(C)C. The molecule has 0 bridgehead atoms. The molecule has 0 radical (unpaired) electrons. The number of nitrogens with zero attached hydrogens (tertiary/aromatic N) is 5. The number of carbonyl (C=O) groups excluding carboxylic acids is 1. The van der Waals surface area contributed by atoms with Gasteiger partial charge in [0.1, 0.15) is 0 Å². The first-order chi connectivity index (χ1) is 15.7. The minimum atomic E-state index is -0.381. The molecule has 7 nitrogen and oxygen atoms in total. The number of likely N-dealkylation sites (N-methyl/N-ethyl adjacent to an activating group) is 1. The number of allylic oxidation sites excluding steroid dienone is 2. The van der Waals surface area contributed by atoms with Crippen LogP contribution in [0, 0.1) is 0 Å². The standard InChI is InChI=1S/C25H25N5O2S/c1-15(20(31)14-21-25(2,3)17-11-7-9-13-19(17)28(21)4)33-24-27-26-23-29(5)22(32)16-10-6-8-12-18(16)30(23)24/h6-15H,1-5H3/b21-14+. The number of carbonyl (C=O) groups is 1. The average molecular weight is 460 g/mol. The highest BCUT2D eigenvalue weighted by molar-refractivity contribution is 8.00. The zero-order valence-corrected chi connectivity index (χ0v) is 20.1. The van der Waals surface area contributed by atoms with Crippen LogP contribution in [-0.2, 0) is 17.3 Å². The molecule has 0 fully saturated rings. The van der Waals surface area contributed by atoms with Gasteiger partial charge in [-0.15, -0.1) is 10.2 Å². The number of thioether (sulfide) groups is 1. The van der Waals surface area contributed by atoms with Gasteiger partial charge in [0.25, 0.3) is 5.56 Å². The van der Waals surface area contributed by atoms with Crippen molar-refractivity contribution in [3.63, 3.8) is 0 Å². The number of para-hydroxylation sites is 2. The van der Waals surface area contributed by atoms with Gasteiger partial charge >= 0.3 is 0 Å². The van der Waals surface area contributed by atoms with Crippen molar-refractivity contribution in [2.75, 3.05) is 11.9 Å². The lowest BCUT2D eigenvalue weighted by Crippen LogP contribution is -2.25. The summed E-state index contributed by atoms with van der Waals surface area (Å²) in [7, 11) is 3.69. The highest BCUT2D eigenvalue weighted by atomic mass is 32.2. The van der Waals surface area contributed by atoms with E-state index < -0.39 is 0 Å². The van der Waals surface area contributed by atoms with Gasteiger partial charge in [-0.05, 0) is 30.7 Å². The van der Waals surface area contributed by atoms with Crippen LogP contribution in [-0.4, -0.2) is 37.2 Å². The maximum atomic E-state index is 13.3. The summed E-state index contributed by atoms with van der Waals surface area (Å²) >= 11 is 1.35. The molecule has 0 saturated heterocycles. The molecule has 3 heterocycles. The van der Waals surface area contributed by atoms with Gasteiger partial charge < -0.3 is 4.90 Å². The number of ketones is 1. The summed E-state index contributed by atoms with van der Waals surface area (Å²) in [5.41, 5.74) is 3.65. The maximum absolute atomic E-state index is 13.3. The van der Waals surface area contributed by atoms with Crippen LogP contribution in [0.3, 0.4) is 0 Å². The van der Waals surface area contributed by atoms with Crippen molar-refractivity contribution < 1.29 is 4.79 Å². The minimum Gasteiger partial charge on any atom is -0.347 e. The second-order valence-corrected chi connectivity index (χ2v) is 10.2. The van der Waals surface area contributed by atoms with Gasteiger partial charge in [-0.3, -0.25) is 18.6 Å². The van der Waals surface area contributed by atoms with Crippen LogP contribution in [0.25, 0.3) is 16.7 Å². The second kappa shape index (κ2) is 7.59. The molecular formula is C25H25N5O2S. The fraction of sp³-hybridized carbons (Fsp3) is 0.280. The van der Waals surface area contributed by atoms with Crippen LogP contribution in [0.4, 0.5) is 5.69 Å². The molecule has 168 valence electrons. The summed E-state index contributed by atoms with van der Waals surface area (Å²) in [4.78, 5) is 28.1. The lowest BCUT2D eigenvalue weighted by molar-refractivity contribution is -0.114. The van der Waals surface area contributed by atoms with Gasteiger partial charge in [0.15, 0.2) is 10.9 Å². The first-order valence-corrected chi connectivity index (χ1v) is 11.7. The summed E-state index contributed by atoms with van der Waals surface area (Å²) < 4.78 is 3.33. The Labute approximate surface area is 195 Å². The van der Waals surface area contributed by atoms with Crippen LogP contribution >= 0.6 is 11.8 Å². The summed E-state index contributed by atoms with van der Waals surface area (Å²) in [6.07, 6.45) is 1.76. The smallest absolute Gasteiger partial charge is 0.262 e. The number of hydrogen-bond donors (Lipinski definition) is 0. The van der Waals surface area contributed by atoms with Crippen molar-refractivity contribution in [3.05, 3.63) is 76.2 Å². The number of aryl methyl sites for hydroxylation is 1. The van der Waals surface area contributed by atoms with E-state index in [4.69, 9.17) is 0 Å². The fourth-order valence-corrected chi connectivity index (χ4v) is 5.49.